The normalized spacial score (nSPS) is 11.2. The van der Waals surface area contributed by atoms with E-state index >= 15 is 0 Å². The molecule has 10 heteroatoms. The molecule has 0 saturated carbocycles. The Morgan fingerprint density at radius 1 is 1.00 bits per heavy atom. The average molecular weight is 477 g/mol. The van der Waals surface area contributed by atoms with Gasteiger partial charge in [-0.05, 0) is 68.4 Å². The number of anilines is 2. The molecule has 0 radical (unpaired) electrons. The fraction of sp³-hybridized carbons (Fsp3) is 0.190. The van der Waals surface area contributed by atoms with Gasteiger partial charge in [-0.2, -0.15) is 0 Å². The molecule has 1 amide bonds. The van der Waals surface area contributed by atoms with Gasteiger partial charge in [0.25, 0.3) is 10.0 Å². The Kier molecular flexibility index (Phi) is 7.53. The lowest BCUT2D eigenvalue weighted by molar-refractivity contribution is -0.115. The van der Waals surface area contributed by atoms with Crippen LogP contribution in [0.5, 0.6) is 0 Å². The number of thioether (sulfide) groups is 1. The number of hydrogen-bond donors (Lipinski definition) is 2. The Bertz CT molecular complexity index is 1150. The third kappa shape index (κ3) is 6.95. The minimum atomic E-state index is -3.84. The lowest BCUT2D eigenvalue weighted by Gasteiger charge is -2.09. The van der Waals surface area contributed by atoms with Crippen molar-refractivity contribution < 1.29 is 13.2 Å². The van der Waals surface area contributed by atoms with E-state index in [1.54, 1.807) is 55.9 Å². The number of amides is 1. The van der Waals surface area contributed by atoms with Crippen LogP contribution in [0.25, 0.3) is 0 Å². The lowest BCUT2D eigenvalue weighted by Crippen LogP contribution is -2.16. The molecule has 1 aromatic heterocycles. The molecule has 0 fully saturated rings. The zero-order chi connectivity index (χ0) is 22.4. The van der Waals surface area contributed by atoms with Crippen LogP contribution in [0.2, 0.25) is 5.02 Å². The maximum absolute atomic E-state index is 12.6. The highest BCUT2D eigenvalue weighted by Crippen LogP contribution is 2.21. The molecular formula is C21H21ClN4O3S2. The van der Waals surface area contributed by atoms with Gasteiger partial charge in [-0.3, -0.25) is 4.79 Å². The van der Waals surface area contributed by atoms with Crippen LogP contribution < -0.4 is 10.0 Å². The van der Waals surface area contributed by atoms with Crippen molar-refractivity contribution in [2.24, 2.45) is 0 Å². The lowest BCUT2D eigenvalue weighted by atomic mass is 10.3. The summed E-state index contributed by atoms with van der Waals surface area (Å²) >= 11 is 7.42. The minimum absolute atomic E-state index is 0.0214. The van der Waals surface area contributed by atoms with Gasteiger partial charge < -0.3 is 5.32 Å². The molecule has 0 saturated heterocycles. The number of halogens is 1. The predicted octanol–water partition coefficient (Wildman–Crippen LogP) is 4.67. The highest BCUT2D eigenvalue weighted by Gasteiger charge is 2.16. The van der Waals surface area contributed by atoms with Crippen LogP contribution in [0.4, 0.5) is 11.6 Å². The van der Waals surface area contributed by atoms with Gasteiger partial charge in [0.05, 0.1) is 4.90 Å². The Morgan fingerprint density at radius 3 is 2.23 bits per heavy atom. The van der Waals surface area contributed by atoms with Crippen LogP contribution in [-0.4, -0.2) is 30.0 Å². The van der Waals surface area contributed by atoms with Gasteiger partial charge in [-0.25, -0.2) is 23.1 Å². The zero-order valence-electron chi connectivity index (χ0n) is 16.9. The molecule has 2 N–H and O–H groups in total. The summed E-state index contributed by atoms with van der Waals surface area (Å²) in [7, 11) is -3.84. The monoisotopic (exact) mass is 476 g/mol. The van der Waals surface area contributed by atoms with E-state index in [4.69, 9.17) is 11.6 Å². The summed E-state index contributed by atoms with van der Waals surface area (Å²) in [5, 5.41) is 3.44. The van der Waals surface area contributed by atoms with Crippen molar-refractivity contribution in [3.8, 4) is 0 Å². The number of carbonyl (C=O) groups excluding carboxylic acids is 1. The molecule has 162 valence electrons. The highest BCUT2D eigenvalue weighted by molar-refractivity contribution is 7.99. The summed E-state index contributed by atoms with van der Waals surface area (Å²) in [6, 6.07) is 15.1. The quantitative estimate of drug-likeness (QED) is 0.458. The second kappa shape index (κ2) is 10.1. The van der Waals surface area contributed by atoms with E-state index in [1.807, 2.05) is 12.1 Å². The van der Waals surface area contributed by atoms with E-state index in [0.29, 0.717) is 34.3 Å². The standard InChI is InChI=1S/C21H21ClN4O3S2/c1-14-13-15(2)24-21(23-14)26-31(28,29)19-9-5-17(6-10-19)25-20(27)11-12-30-18-7-3-16(22)4-8-18/h3-10,13H,11-12H2,1-2H3,(H,25,27)(H,23,24,26). The molecule has 0 aliphatic carbocycles. The molecule has 0 spiro atoms. The van der Waals surface area contributed by atoms with Crippen molar-refractivity contribution in [3.63, 3.8) is 0 Å². The third-order valence-corrected chi connectivity index (χ3v) is 6.68. The summed E-state index contributed by atoms with van der Waals surface area (Å²) in [4.78, 5) is 21.4. The summed E-state index contributed by atoms with van der Waals surface area (Å²) in [6.45, 7) is 3.52. The van der Waals surface area contributed by atoms with Crippen LogP contribution in [0.15, 0.2) is 64.4 Å². The molecular weight excluding hydrogens is 456 g/mol. The molecule has 0 aliphatic heterocycles. The highest BCUT2D eigenvalue weighted by atomic mass is 35.5. The van der Waals surface area contributed by atoms with Crippen LogP contribution in [0.1, 0.15) is 17.8 Å². The van der Waals surface area contributed by atoms with Gasteiger partial charge in [0.2, 0.25) is 11.9 Å². The number of aromatic nitrogens is 2. The molecule has 0 unspecified atom stereocenters. The molecule has 31 heavy (non-hydrogen) atoms. The van der Waals surface area contributed by atoms with Gasteiger partial charge in [-0.1, -0.05) is 11.6 Å². The molecule has 3 aromatic rings. The Hall–Kier alpha value is -2.62. The Labute approximate surface area is 190 Å². The molecule has 3 rings (SSSR count). The number of nitrogens with one attached hydrogen (secondary N) is 2. The fourth-order valence-corrected chi connectivity index (χ4v) is 4.61. The number of nitrogens with zero attached hydrogens (tertiary/aromatic N) is 2. The number of aryl methyl sites for hydroxylation is 2. The Morgan fingerprint density at radius 2 is 1.61 bits per heavy atom. The van der Waals surface area contributed by atoms with Crippen molar-refractivity contribution >= 4 is 50.9 Å². The first-order valence-electron chi connectivity index (χ1n) is 9.35. The van der Waals surface area contributed by atoms with Gasteiger partial charge >= 0.3 is 0 Å². The van der Waals surface area contributed by atoms with E-state index < -0.39 is 10.0 Å². The van der Waals surface area contributed by atoms with Crippen molar-refractivity contribution in [3.05, 3.63) is 71.0 Å². The predicted molar refractivity (Wildman–Crippen MR) is 124 cm³/mol. The van der Waals surface area contributed by atoms with Crippen molar-refractivity contribution in [1.29, 1.82) is 0 Å². The average Bonchev–Trinajstić information content (AvgIpc) is 2.69. The van der Waals surface area contributed by atoms with Crippen molar-refractivity contribution in [2.75, 3.05) is 15.8 Å². The smallest absolute Gasteiger partial charge is 0.264 e. The second-order valence-electron chi connectivity index (χ2n) is 6.70. The van der Waals surface area contributed by atoms with Gasteiger partial charge in [0.15, 0.2) is 0 Å². The van der Waals surface area contributed by atoms with E-state index in [2.05, 4.69) is 20.0 Å². The number of benzene rings is 2. The van der Waals surface area contributed by atoms with Gasteiger partial charge in [0, 0.05) is 39.2 Å². The summed E-state index contributed by atoms with van der Waals surface area (Å²) in [5.41, 5.74) is 1.85. The topological polar surface area (TPSA) is 101 Å². The summed E-state index contributed by atoms with van der Waals surface area (Å²) in [6.07, 6.45) is 0.318. The van der Waals surface area contributed by atoms with Crippen LogP contribution in [0, 0.1) is 13.8 Å². The minimum Gasteiger partial charge on any atom is -0.326 e. The number of rotatable bonds is 8. The SMILES string of the molecule is Cc1cc(C)nc(NS(=O)(=O)c2ccc(NC(=O)CCSc3ccc(Cl)cc3)cc2)n1. The maximum atomic E-state index is 12.6. The van der Waals surface area contributed by atoms with Crippen LogP contribution in [-0.2, 0) is 14.8 Å². The van der Waals surface area contributed by atoms with E-state index in [0.717, 1.165) is 4.90 Å². The Balaban J connectivity index is 1.55. The van der Waals surface area contributed by atoms with E-state index in [9.17, 15) is 13.2 Å². The molecule has 0 aliphatic rings. The maximum Gasteiger partial charge on any atom is 0.264 e. The number of sulfonamides is 1. The molecule has 7 nitrogen and oxygen atoms in total. The van der Waals surface area contributed by atoms with Gasteiger partial charge in [-0.15, -0.1) is 11.8 Å². The van der Waals surface area contributed by atoms with Crippen LogP contribution >= 0.6 is 23.4 Å². The molecule has 0 atom stereocenters. The number of carbonyl (C=O) groups is 1. The number of hydrogen-bond acceptors (Lipinski definition) is 6. The first-order chi connectivity index (χ1) is 14.7. The van der Waals surface area contributed by atoms with E-state index in [1.165, 1.54) is 12.1 Å². The van der Waals surface area contributed by atoms with Crippen LogP contribution in [0.3, 0.4) is 0 Å². The molecule has 2 aromatic carbocycles. The van der Waals surface area contributed by atoms with Crippen molar-refractivity contribution in [2.45, 2.75) is 30.1 Å². The molecule has 1 heterocycles. The summed E-state index contributed by atoms with van der Waals surface area (Å²) < 4.78 is 27.5. The summed E-state index contributed by atoms with van der Waals surface area (Å²) in [5.74, 6) is 0.478. The third-order valence-electron chi connectivity index (χ3n) is 4.07. The van der Waals surface area contributed by atoms with Crippen molar-refractivity contribution in [1.82, 2.24) is 9.97 Å². The molecule has 0 bridgehead atoms. The second-order valence-corrected chi connectivity index (χ2v) is 9.99. The largest absolute Gasteiger partial charge is 0.326 e. The van der Waals surface area contributed by atoms with Gasteiger partial charge in [0.1, 0.15) is 0 Å². The first-order valence-corrected chi connectivity index (χ1v) is 12.2. The van der Waals surface area contributed by atoms with E-state index in [-0.39, 0.29) is 16.8 Å². The first kappa shape index (κ1) is 23.1. The fourth-order valence-electron chi connectivity index (χ4n) is 2.68. The zero-order valence-corrected chi connectivity index (χ0v) is 19.3.